The van der Waals surface area contributed by atoms with Gasteiger partial charge in [-0.25, -0.2) is 0 Å². The van der Waals surface area contributed by atoms with Crippen molar-refractivity contribution in [1.82, 2.24) is 9.55 Å². The fraction of sp³-hybridized carbons (Fsp3) is 0.467. The summed E-state index contributed by atoms with van der Waals surface area (Å²) < 4.78 is 2.10. The normalized spacial score (nSPS) is 23.0. The average molecular weight is 274 g/mol. The number of aromatic hydroxyl groups is 1. The van der Waals surface area contributed by atoms with Crippen LogP contribution in [0.5, 0.6) is 5.75 Å². The zero-order valence-electron chi connectivity index (χ0n) is 11.2. The maximum absolute atomic E-state index is 10.9. The summed E-state index contributed by atoms with van der Waals surface area (Å²) in [4.78, 5) is 15.1. The first kappa shape index (κ1) is 13.0. The summed E-state index contributed by atoms with van der Waals surface area (Å²) in [7, 11) is 0. The Morgan fingerprint density at radius 1 is 1.35 bits per heavy atom. The van der Waals surface area contributed by atoms with Crippen molar-refractivity contribution in [1.29, 1.82) is 0 Å². The lowest BCUT2D eigenvalue weighted by Crippen LogP contribution is -2.23. The van der Waals surface area contributed by atoms with Crippen molar-refractivity contribution in [3.63, 3.8) is 0 Å². The molecule has 106 valence electrons. The summed E-state index contributed by atoms with van der Waals surface area (Å²) in [5.74, 6) is -0.155. The molecule has 0 spiro atoms. The number of fused-ring (bicyclic) bond motifs is 1. The van der Waals surface area contributed by atoms with Crippen LogP contribution in [0.3, 0.4) is 0 Å². The van der Waals surface area contributed by atoms with Gasteiger partial charge in [0.05, 0.1) is 23.1 Å². The van der Waals surface area contributed by atoms with Gasteiger partial charge in [0.25, 0.3) is 0 Å². The highest BCUT2D eigenvalue weighted by molar-refractivity contribution is 5.76. The van der Waals surface area contributed by atoms with Crippen LogP contribution in [0.2, 0.25) is 0 Å². The first-order valence-corrected chi connectivity index (χ1v) is 7.00. The molecule has 0 radical (unpaired) electrons. The second-order valence-electron chi connectivity index (χ2n) is 5.62. The van der Waals surface area contributed by atoms with Gasteiger partial charge >= 0.3 is 5.97 Å². The van der Waals surface area contributed by atoms with E-state index in [1.54, 1.807) is 6.07 Å². The quantitative estimate of drug-likeness (QED) is 0.902. The molecule has 0 saturated heterocycles. The van der Waals surface area contributed by atoms with Gasteiger partial charge in [-0.1, -0.05) is 0 Å². The third-order valence-electron chi connectivity index (χ3n) is 4.26. The molecule has 5 heteroatoms. The number of nitrogens with zero attached hydrogens (tertiary/aromatic N) is 2. The zero-order chi connectivity index (χ0) is 14.1. The number of carboxylic acids is 1. The van der Waals surface area contributed by atoms with E-state index in [1.807, 2.05) is 12.3 Å². The van der Waals surface area contributed by atoms with Crippen LogP contribution < -0.4 is 0 Å². The molecule has 2 N–H and O–H groups in total. The summed E-state index contributed by atoms with van der Waals surface area (Å²) in [6.07, 6.45) is 6.86. The van der Waals surface area contributed by atoms with Crippen molar-refractivity contribution >= 4 is 17.0 Å². The molecule has 5 nitrogen and oxygen atoms in total. The molecule has 2 aromatic heterocycles. The predicted octanol–water partition coefficient (Wildman–Crippen LogP) is 2.63. The lowest BCUT2D eigenvalue weighted by molar-refractivity contribution is -0.143. The molecular formula is C15H18N2O3. The lowest BCUT2D eigenvalue weighted by Gasteiger charge is -2.26. The van der Waals surface area contributed by atoms with Crippen molar-refractivity contribution in [2.24, 2.45) is 11.8 Å². The minimum absolute atomic E-state index is 0.168. The van der Waals surface area contributed by atoms with E-state index >= 15 is 0 Å². The van der Waals surface area contributed by atoms with Crippen molar-refractivity contribution in [2.75, 3.05) is 0 Å². The van der Waals surface area contributed by atoms with E-state index in [2.05, 4.69) is 9.55 Å². The summed E-state index contributed by atoms with van der Waals surface area (Å²) in [6, 6.07) is 3.67. The maximum Gasteiger partial charge on any atom is 0.306 e. The third-order valence-corrected chi connectivity index (χ3v) is 4.26. The third kappa shape index (κ3) is 2.48. The molecule has 1 aliphatic carbocycles. The second kappa shape index (κ2) is 5.15. The van der Waals surface area contributed by atoms with E-state index in [0.29, 0.717) is 5.92 Å². The van der Waals surface area contributed by atoms with Crippen LogP contribution in [-0.2, 0) is 11.3 Å². The molecule has 0 aromatic carbocycles. The highest BCUT2D eigenvalue weighted by Crippen LogP contribution is 2.31. The second-order valence-corrected chi connectivity index (χ2v) is 5.62. The largest absolute Gasteiger partial charge is 0.506 e. The van der Waals surface area contributed by atoms with Crippen molar-refractivity contribution in [2.45, 2.75) is 32.2 Å². The van der Waals surface area contributed by atoms with Crippen LogP contribution in [0, 0.1) is 11.8 Å². The Hall–Kier alpha value is -2.04. The van der Waals surface area contributed by atoms with E-state index in [0.717, 1.165) is 43.3 Å². The Bertz CT molecular complexity index is 627. The highest BCUT2D eigenvalue weighted by Gasteiger charge is 2.26. The summed E-state index contributed by atoms with van der Waals surface area (Å²) >= 11 is 0. The number of aliphatic carboxylic acids is 1. The number of carbonyl (C=O) groups is 1. The molecule has 0 atom stereocenters. The molecule has 0 amide bonds. The number of aromatic nitrogens is 2. The highest BCUT2D eigenvalue weighted by atomic mass is 16.4. The van der Waals surface area contributed by atoms with Gasteiger partial charge in [0.15, 0.2) is 0 Å². The van der Waals surface area contributed by atoms with Crippen LogP contribution in [0.1, 0.15) is 25.7 Å². The maximum atomic E-state index is 10.9. The SMILES string of the molecule is O=C(O)[C@H]1CC[C@H](Cn2ccc3ncc(O)cc32)CC1. The molecule has 1 fully saturated rings. The van der Waals surface area contributed by atoms with E-state index in [9.17, 15) is 9.90 Å². The Morgan fingerprint density at radius 3 is 2.80 bits per heavy atom. The Balaban J connectivity index is 1.71. The Kier molecular flexibility index (Phi) is 3.34. The minimum Gasteiger partial charge on any atom is -0.506 e. The summed E-state index contributed by atoms with van der Waals surface area (Å²) in [6.45, 7) is 0.862. The molecule has 2 heterocycles. The number of hydrogen-bond donors (Lipinski definition) is 2. The molecule has 3 rings (SSSR count). The van der Waals surface area contributed by atoms with Gasteiger partial charge in [0, 0.05) is 18.8 Å². The molecule has 0 aliphatic heterocycles. The predicted molar refractivity (Wildman–Crippen MR) is 74.5 cm³/mol. The van der Waals surface area contributed by atoms with Crippen LogP contribution in [0.4, 0.5) is 0 Å². The van der Waals surface area contributed by atoms with Gasteiger partial charge in [-0.15, -0.1) is 0 Å². The molecule has 20 heavy (non-hydrogen) atoms. The number of rotatable bonds is 3. The van der Waals surface area contributed by atoms with Gasteiger partial charge in [-0.05, 0) is 37.7 Å². The number of carboxylic acid groups (broad SMARTS) is 1. The molecule has 1 aliphatic rings. The fourth-order valence-corrected chi connectivity index (χ4v) is 3.08. The molecule has 0 unspecified atom stereocenters. The first-order valence-electron chi connectivity index (χ1n) is 7.00. The van der Waals surface area contributed by atoms with Gasteiger partial charge in [-0.3, -0.25) is 9.78 Å². The first-order chi connectivity index (χ1) is 9.63. The molecule has 2 aromatic rings. The van der Waals surface area contributed by atoms with Gasteiger partial charge in [-0.2, -0.15) is 0 Å². The standard InChI is InChI=1S/C15H18N2O3/c18-12-7-14-13(16-8-12)5-6-17(14)9-10-1-3-11(4-2-10)15(19)20/h5-8,10-11,18H,1-4,9H2,(H,19,20)/t10-,11-. The van der Waals surface area contributed by atoms with E-state index in [-0.39, 0.29) is 11.7 Å². The van der Waals surface area contributed by atoms with E-state index in [1.165, 1.54) is 6.20 Å². The monoisotopic (exact) mass is 274 g/mol. The summed E-state index contributed by atoms with van der Waals surface area (Å²) in [5, 5.41) is 18.5. The van der Waals surface area contributed by atoms with E-state index < -0.39 is 5.97 Å². The minimum atomic E-state index is -0.663. The van der Waals surface area contributed by atoms with Gasteiger partial charge < -0.3 is 14.8 Å². The van der Waals surface area contributed by atoms with Crippen LogP contribution in [0.15, 0.2) is 24.5 Å². The Morgan fingerprint density at radius 2 is 2.10 bits per heavy atom. The number of pyridine rings is 1. The van der Waals surface area contributed by atoms with Gasteiger partial charge in [0.1, 0.15) is 5.75 Å². The van der Waals surface area contributed by atoms with Crippen LogP contribution in [0.25, 0.3) is 11.0 Å². The smallest absolute Gasteiger partial charge is 0.306 e. The molecule has 1 saturated carbocycles. The molecule has 0 bridgehead atoms. The topological polar surface area (TPSA) is 75.3 Å². The molecular weight excluding hydrogens is 256 g/mol. The fourth-order valence-electron chi connectivity index (χ4n) is 3.08. The van der Waals surface area contributed by atoms with Crippen LogP contribution >= 0.6 is 0 Å². The Labute approximate surface area is 116 Å². The van der Waals surface area contributed by atoms with Gasteiger partial charge in [0.2, 0.25) is 0 Å². The number of hydrogen-bond acceptors (Lipinski definition) is 3. The van der Waals surface area contributed by atoms with Crippen molar-refractivity contribution in [3.05, 3.63) is 24.5 Å². The van der Waals surface area contributed by atoms with Crippen molar-refractivity contribution in [3.8, 4) is 5.75 Å². The zero-order valence-corrected chi connectivity index (χ0v) is 11.2. The lowest BCUT2D eigenvalue weighted by atomic mass is 9.82. The average Bonchev–Trinajstić information content (AvgIpc) is 2.82. The van der Waals surface area contributed by atoms with Crippen molar-refractivity contribution < 1.29 is 15.0 Å². The van der Waals surface area contributed by atoms with Crippen LogP contribution in [-0.4, -0.2) is 25.7 Å². The summed E-state index contributed by atoms with van der Waals surface area (Å²) in [5.41, 5.74) is 1.81. The van der Waals surface area contributed by atoms with E-state index in [4.69, 9.17) is 5.11 Å².